The second kappa shape index (κ2) is 8.01. The van der Waals surface area contributed by atoms with Gasteiger partial charge in [-0.05, 0) is 42.5 Å². The van der Waals surface area contributed by atoms with Gasteiger partial charge in [0.15, 0.2) is 0 Å². The maximum atomic E-state index is 12.2. The highest BCUT2D eigenvalue weighted by molar-refractivity contribution is 6.04. The van der Waals surface area contributed by atoms with Crippen molar-refractivity contribution < 1.29 is 19.1 Å². The first kappa shape index (κ1) is 17.9. The first-order valence-electron chi connectivity index (χ1n) is 8.04. The molecule has 0 aliphatic carbocycles. The zero-order chi connectivity index (χ0) is 19.2. The Balaban J connectivity index is 1.64. The molecule has 0 aliphatic rings. The van der Waals surface area contributed by atoms with Gasteiger partial charge in [-0.1, -0.05) is 6.07 Å². The number of hydrogen-bond donors (Lipinski definition) is 2. The third kappa shape index (κ3) is 4.60. The molecule has 0 aliphatic heterocycles. The van der Waals surface area contributed by atoms with Crippen LogP contribution in [0.3, 0.4) is 0 Å². The predicted molar refractivity (Wildman–Crippen MR) is 100 cm³/mol. The van der Waals surface area contributed by atoms with Gasteiger partial charge in [0.25, 0.3) is 5.91 Å². The number of amides is 2. The van der Waals surface area contributed by atoms with Gasteiger partial charge in [0.2, 0.25) is 11.8 Å². The number of nitrogens with zero attached hydrogens (tertiary/aromatic N) is 1. The molecule has 7 nitrogen and oxygen atoms in total. The second-order valence-corrected chi connectivity index (χ2v) is 5.56. The van der Waals surface area contributed by atoms with E-state index in [2.05, 4.69) is 10.3 Å². The lowest BCUT2D eigenvalue weighted by molar-refractivity contribution is 0.0995. The third-order valence-corrected chi connectivity index (χ3v) is 3.69. The largest absolute Gasteiger partial charge is 0.497 e. The van der Waals surface area contributed by atoms with Crippen LogP contribution in [0, 0.1) is 0 Å². The summed E-state index contributed by atoms with van der Waals surface area (Å²) in [7, 11) is 1.58. The fraction of sp³-hybridized carbons (Fsp3) is 0.0500. The van der Waals surface area contributed by atoms with Crippen molar-refractivity contribution in [3.63, 3.8) is 0 Å². The molecule has 27 heavy (non-hydrogen) atoms. The molecular weight excluding hydrogens is 346 g/mol. The zero-order valence-corrected chi connectivity index (χ0v) is 14.5. The van der Waals surface area contributed by atoms with E-state index in [4.69, 9.17) is 15.2 Å². The van der Waals surface area contributed by atoms with Crippen LogP contribution < -0.4 is 20.5 Å². The minimum atomic E-state index is -0.544. The smallest absolute Gasteiger partial charge is 0.255 e. The fourth-order valence-electron chi connectivity index (χ4n) is 2.29. The Bertz CT molecular complexity index is 954. The number of ether oxygens (including phenoxy) is 2. The van der Waals surface area contributed by atoms with Crippen molar-refractivity contribution in [2.45, 2.75) is 0 Å². The van der Waals surface area contributed by atoms with Gasteiger partial charge in [-0.15, -0.1) is 0 Å². The summed E-state index contributed by atoms with van der Waals surface area (Å²) >= 11 is 0. The monoisotopic (exact) mass is 363 g/mol. The summed E-state index contributed by atoms with van der Waals surface area (Å²) in [5, 5.41) is 2.72. The lowest BCUT2D eigenvalue weighted by atomic mass is 10.1. The van der Waals surface area contributed by atoms with Gasteiger partial charge in [0.1, 0.15) is 11.5 Å². The summed E-state index contributed by atoms with van der Waals surface area (Å²) in [5.74, 6) is 0.783. The van der Waals surface area contributed by atoms with Crippen LogP contribution in [0.15, 0.2) is 66.9 Å². The highest BCUT2D eigenvalue weighted by Gasteiger charge is 2.08. The molecule has 0 spiro atoms. The minimum Gasteiger partial charge on any atom is -0.497 e. The van der Waals surface area contributed by atoms with Crippen molar-refractivity contribution in [2.24, 2.45) is 5.73 Å². The maximum absolute atomic E-state index is 12.2. The van der Waals surface area contributed by atoms with Crippen molar-refractivity contribution in [3.8, 4) is 17.4 Å². The van der Waals surface area contributed by atoms with Crippen LogP contribution >= 0.6 is 0 Å². The highest BCUT2D eigenvalue weighted by atomic mass is 16.5. The van der Waals surface area contributed by atoms with Crippen molar-refractivity contribution in [1.82, 2.24) is 4.98 Å². The van der Waals surface area contributed by atoms with Gasteiger partial charge in [-0.3, -0.25) is 9.59 Å². The Labute approximate surface area is 155 Å². The first-order chi connectivity index (χ1) is 13.0. The van der Waals surface area contributed by atoms with Crippen LogP contribution in [0.25, 0.3) is 0 Å². The average Bonchev–Trinajstić information content (AvgIpc) is 2.69. The lowest BCUT2D eigenvalue weighted by Crippen LogP contribution is -2.14. The van der Waals surface area contributed by atoms with E-state index in [9.17, 15) is 9.59 Å². The number of carbonyl (C=O) groups excluding carboxylic acids is 2. The van der Waals surface area contributed by atoms with Gasteiger partial charge in [0, 0.05) is 23.3 Å². The van der Waals surface area contributed by atoms with Crippen LogP contribution in [0.1, 0.15) is 20.7 Å². The Morgan fingerprint density at radius 1 is 0.963 bits per heavy atom. The number of anilines is 1. The number of nitrogens with two attached hydrogens (primary N) is 1. The number of nitrogens with one attached hydrogen (secondary N) is 1. The molecule has 136 valence electrons. The van der Waals surface area contributed by atoms with Crippen LogP contribution in [-0.2, 0) is 0 Å². The Kier molecular flexibility index (Phi) is 5.32. The Morgan fingerprint density at radius 3 is 2.30 bits per heavy atom. The summed E-state index contributed by atoms with van der Waals surface area (Å²) in [5.41, 5.74) is 6.43. The second-order valence-electron chi connectivity index (χ2n) is 5.56. The maximum Gasteiger partial charge on any atom is 0.255 e. The van der Waals surface area contributed by atoms with E-state index in [0.717, 1.165) is 0 Å². The quantitative estimate of drug-likeness (QED) is 0.700. The van der Waals surface area contributed by atoms with E-state index in [1.54, 1.807) is 31.4 Å². The molecule has 1 aromatic heterocycles. The van der Waals surface area contributed by atoms with Gasteiger partial charge in [-0.2, -0.15) is 0 Å². The minimum absolute atomic E-state index is 0.325. The first-order valence-corrected chi connectivity index (χ1v) is 8.04. The van der Waals surface area contributed by atoms with Gasteiger partial charge in [0.05, 0.1) is 19.0 Å². The number of hydrogen-bond acceptors (Lipinski definition) is 5. The summed E-state index contributed by atoms with van der Waals surface area (Å²) < 4.78 is 10.8. The van der Waals surface area contributed by atoms with Crippen molar-refractivity contribution in [3.05, 3.63) is 78.0 Å². The zero-order valence-electron chi connectivity index (χ0n) is 14.5. The molecule has 0 radical (unpaired) electrons. The third-order valence-electron chi connectivity index (χ3n) is 3.69. The molecule has 3 N–H and O–H groups in total. The van der Waals surface area contributed by atoms with E-state index < -0.39 is 5.91 Å². The predicted octanol–water partition coefficient (Wildman–Crippen LogP) is 3.23. The molecule has 0 unspecified atom stereocenters. The van der Waals surface area contributed by atoms with Crippen LogP contribution in [-0.4, -0.2) is 23.9 Å². The van der Waals surface area contributed by atoms with Crippen LogP contribution in [0.5, 0.6) is 17.4 Å². The number of benzene rings is 2. The number of rotatable bonds is 6. The topological polar surface area (TPSA) is 104 Å². The molecule has 2 amide bonds. The molecule has 7 heteroatoms. The molecule has 3 aromatic rings. The number of methoxy groups -OCH3 is 1. The number of primary amides is 1. The molecule has 0 atom stereocenters. The SMILES string of the molecule is COc1cccc(Oc2ccc(NC(=O)c3ccc(C(N)=O)cc3)cn2)c1. The Hall–Kier alpha value is -3.87. The van der Waals surface area contributed by atoms with Gasteiger partial charge >= 0.3 is 0 Å². The molecule has 3 rings (SSSR count). The fourth-order valence-corrected chi connectivity index (χ4v) is 2.29. The summed E-state index contributed by atoms with van der Waals surface area (Å²) in [6.45, 7) is 0. The van der Waals surface area contributed by atoms with Gasteiger partial charge in [-0.25, -0.2) is 4.98 Å². The molecule has 0 saturated heterocycles. The summed E-state index contributed by atoms with van der Waals surface area (Å²) in [6.07, 6.45) is 1.49. The van der Waals surface area contributed by atoms with Crippen molar-refractivity contribution in [1.29, 1.82) is 0 Å². The van der Waals surface area contributed by atoms with E-state index in [0.29, 0.717) is 34.2 Å². The average molecular weight is 363 g/mol. The molecule has 2 aromatic carbocycles. The van der Waals surface area contributed by atoms with Gasteiger partial charge < -0.3 is 20.5 Å². The van der Waals surface area contributed by atoms with Crippen LogP contribution in [0.4, 0.5) is 5.69 Å². The molecule has 0 saturated carbocycles. The lowest BCUT2D eigenvalue weighted by Gasteiger charge is -2.08. The molecule has 0 bridgehead atoms. The van der Waals surface area contributed by atoms with Crippen LogP contribution in [0.2, 0.25) is 0 Å². The van der Waals surface area contributed by atoms with E-state index in [1.807, 2.05) is 12.1 Å². The highest BCUT2D eigenvalue weighted by Crippen LogP contribution is 2.24. The number of pyridine rings is 1. The van der Waals surface area contributed by atoms with Crippen molar-refractivity contribution in [2.75, 3.05) is 12.4 Å². The number of carbonyl (C=O) groups is 2. The molecular formula is C20H17N3O4. The molecule has 1 heterocycles. The van der Waals surface area contributed by atoms with Crippen molar-refractivity contribution >= 4 is 17.5 Å². The summed E-state index contributed by atoms with van der Waals surface area (Å²) in [4.78, 5) is 27.5. The van der Waals surface area contributed by atoms with E-state index in [-0.39, 0.29) is 5.91 Å². The Morgan fingerprint density at radius 2 is 1.67 bits per heavy atom. The van der Waals surface area contributed by atoms with E-state index >= 15 is 0 Å². The number of aromatic nitrogens is 1. The van der Waals surface area contributed by atoms with E-state index in [1.165, 1.54) is 30.5 Å². The molecule has 0 fully saturated rings. The normalized spacial score (nSPS) is 10.1. The summed E-state index contributed by atoms with van der Waals surface area (Å²) in [6, 6.07) is 16.5. The standard InChI is InChI=1S/C20H17N3O4/c1-26-16-3-2-4-17(11-16)27-18-10-9-15(12-22-18)23-20(25)14-7-5-13(6-8-14)19(21)24/h2-12H,1H3,(H2,21,24)(H,23,25).